The third kappa shape index (κ3) is 2.89. The van der Waals surface area contributed by atoms with E-state index in [9.17, 15) is 4.79 Å². The van der Waals surface area contributed by atoms with E-state index in [4.69, 9.17) is 21.1 Å². The van der Waals surface area contributed by atoms with Gasteiger partial charge in [-0.15, -0.1) is 0 Å². The van der Waals surface area contributed by atoms with Crippen LogP contribution in [-0.4, -0.2) is 33.0 Å². The van der Waals surface area contributed by atoms with Crippen molar-refractivity contribution >= 4 is 23.3 Å². The molecule has 2 N–H and O–H groups in total. The third-order valence-electron chi connectivity index (χ3n) is 3.10. The average molecular weight is 297 g/mol. The summed E-state index contributed by atoms with van der Waals surface area (Å²) in [5.74, 6) is -0.373. The van der Waals surface area contributed by atoms with Gasteiger partial charge in [0.1, 0.15) is 11.3 Å². The van der Waals surface area contributed by atoms with Crippen molar-refractivity contribution in [3.63, 3.8) is 0 Å². The van der Waals surface area contributed by atoms with Gasteiger partial charge in [0.15, 0.2) is 0 Å². The van der Waals surface area contributed by atoms with E-state index in [2.05, 4.69) is 10.6 Å². The normalized spacial score (nSPS) is 17.7. The molecule has 1 aliphatic heterocycles. The SMILES string of the molecule is COCC1NC(Cl)=C(c2cc(C(=O)OC)ccc2C)N1. The van der Waals surface area contributed by atoms with E-state index in [1.807, 2.05) is 13.0 Å². The number of esters is 1. The number of nitrogens with one attached hydrogen (secondary N) is 2. The van der Waals surface area contributed by atoms with Gasteiger partial charge in [-0.2, -0.15) is 0 Å². The first-order chi connectivity index (χ1) is 9.56. The minimum atomic E-state index is -0.373. The predicted octanol–water partition coefficient (Wildman–Crippen LogP) is 1.81. The molecule has 1 aromatic rings. The molecule has 1 aromatic carbocycles. The number of rotatable bonds is 4. The topological polar surface area (TPSA) is 59.6 Å². The second-order valence-corrected chi connectivity index (χ2v) is 4.88. The molecule has 1 unspecified atom stereocenters. The summed E-state index contributed by atoms with van der Waals surface area (Å²) in [6.45, 7) is 2.44. The molecule has 1 atom stereocenters. The number of ether oxygens (including phenoxy) is 2. The molecular weight excluding hydrogens is 280 g/mol. The highest BCUT2D eigenvalue weighted by atomic mass is 35.5. The highest BCUT2D eigenvalue weighted by molar-refractivity contribution is 6.32. The lowest BCUT2D eigenvalue weighted by molar-refractivity contribution is 0.0600. The van der Waals surface area contributed by atoms with Crippen LogP contribution < -0.4 is 10.6 Å². The van der Waals surface area contributed by atoms with Crippen LogP contribution in [0.1, 0.15) is 21.5 Å². The molecule has 0 fully saturated rings. The number of halogens is 1. The van der Waals surface area contributed by atoms with Crippen LogP contribution in [0.2, 0.25) is 0 Å². The Kier molecular flexibility index (Phi) is 4.52. The number of hydrogen-bond donors (Lipinski definition) is 2. The summed E-state index contributed by atoms with van der Waals surface area (Å²) < 4.78 is 9.82. The summed E-state index contributed by atoms with van der Waals surface area (Å²) in [5.41, 5.74) is 3.13. The zero-order valence-corrected chi connectivity index (χ0v) is 12.4. The Labute approximate surface area is 122 Å². The largest absolute Gasteiger partial charge is 0.465 e. The van der Waals surface area contributed by atoms with Gasteiger partial charge in [0.2, 0.25) is 0 Å². The fourth-order valence-electron chi connectivity index (χ4n) is 2.08. The van der Waals surface area contributed by atoms with Crippen LogP contribution in [0.15, 0.2) is 23.4 Å². The number of benzene rings is 1. The molecule has 1 aliphatic rings. The molecule has 0 aliphatic carbocycles. The lowest BCUT2D eigenvalue weighted by Crippen LogP contribution is -2.36. The maximum absolute atomic E-state index is 11.6. The first-order valence-electron chi connectivity index (χ1n) is 6.18. The van der Waals surface area contributed by atoms with E-state index in [0.717, 1.165) is 16.8 Å². The fraction of sp³-hybridized carbons (Fsp3) is 0.357. The molecule has 6 heteroatoms. The molecule has 20 heavy (non-hydrogen) atoms. The Morgan fingerprint density at radius 3 is 2.75 bits per heavy atom. The third-order valence-corrected chi connectivity index (χ3v) is 3.40. The lowest BCUT2D eigenvalue weighted by Gasteiger charge is -2.14. The number of methoxy groups -OCH3 is 2. The summed E-state index contributed by atoms with van der Waals surface area (Å²) in [5, 5.41) is 6.84. The van der Waals surface area contributed by atoms with Gasteiger partial charge in [-0.3, -0.25) is 0 Å². The van der Waals surface area contributed by atoms with Crippen LogP contribution in [-0.2, 0) is 9.47 Å². The van der Waals surface area contributed by atoms with Crippen LogP contribution >= 0.6 is 11.6 Å². The van der Waals surface area contributed by atoms with Gasteiger partial charge >= 0.3 is 5.97 Å². The van der Waals surface area contributed by atoms with E-state index >= 15 is 0 Å². The molecule has 2 rings (SSSR count). The maximum atomic E-state index is 11.6. The van der Waals surface area contributed by atoms with Crippen molar-refractivity contribution in [1.82, 2.24) is 10.6 Å². The molecule has 5 nitrogen and oxygen atoms in total. The standard InChI is InChI=1S/C14H17ClN2O3/c1-8-4-5-9(14(18)20-3)6-10(8)12-13(15)17-11(16-12)7-19-2/h4-6,11,16-17H,7H2,1-3H3. The Morgan fingerprint density at radius 2 is 2.10 bits per heavy atom. The Bertz CT molecular complexity index is 557. The summed E-state index contributed by atoms with van der Waals surface area (Å²) in [6.07, 6.45) is -0.0799. The zero-order chi connectivity index (χ0) is 14.7. The van der Waals surface area contributed by atoms with Gasteiger partial charge in [0.05, 0.1) is 25.0 Å². The maximum Gasteiger partial charge on any atom is 0.337 e. The lowest BCUT2D eigenvalue weighted by atomic mass is 10.0. The Morgan fingerprint density at radius 1 is 1.35 bits per heavy atom. The van der Waals surface area contributed by atoms with Gasteiger partial charge in [-0.1, -0.05) is 17.7 Å². The van der Waals surface area contributed by atoms with E-state index in [0.29, 0.717) is 17.3 Å². The van der Waals surface area contributed by atoms with E-state index < -0.39 is 0 Å². The molecule has 0 bridgehead atoms. The molecule has 0 saturated heterocycles. The molecule has 0 saturated carbocycles. The van der Waals surface area contributed by atoms with Crippen molar-refractivity contribution < 1.29 is 14.3 Å². The smallest absolute Gasteiger partial charge is 0.337 e. The van der Waals surface area contributed by atoms with Gasteiger partial charge in [-0.05, 0) is 24.6 Å². The number of hydrogen-bond acceptors (Lipinski definition) is 5. The van der Waals surface area contributed by atoms with Crippen molar-refractivity contribution in [2.24, 2.45) is 0 Å². The minimum absolute atomic E-state index is 0.0799. The van der Waals surface area contributed by atoms with Gasteiger partial charge in [-0.25, -0.2) is 4.79 Å². The number of carbonyl (C=O) groups excluding carboxylic acids is 1. The quantitative estimate of drug-likeness (QED) is 0.655. The predicted molar refractivity (Wildman–Crippen MR) is 77.2 cm³/mol. The monoisotopic (exact) mass is 296 g/mol. The molecular formula is C14H17ClN2O3. The number of aryl methyl sites for hydroxylation is 1. The highest BCUT2D eigenvalue weighted by Crippen LogP contribution is 2.26. The van der Waals surface area contributed by atoms with Crippen LogP contribution in [0, 0.1) is 6.92 Å². The van der Waals surface area contributed by atoms with Gasteiger partial charge < -0.3 is 20.1 Å². The first kappa shape index (κ1) is 14.7. The van der Waals surface area contributed by atoms with E-state index in [-0.39, 0.29) is 12.1 Å². The average Bonchev–Trinajstić information content (AvgIpc) is 2.79. The summed E-state index contributed by atoms with van der Waals surface area (Å²) in [7, 11) is 2.98. The second-order valence-electron chi connectivity index (χ2n) is 4.51. The van der Waals surface area contributed by atoms with Crippen molar-refractivity contribution in [3.8, 4) is 0 Å². The van der Waals surface area contributed by atoms with Gasteiger partial charge in [0, 0.05) is 12.7 Å². The van der Waals surface area contributed by atoms with E-state index in [1.54, 1.807) is 19.2 Å². The molecule has 0 radical (unpaired) electrons. The zero-order valence-electron chi connectivity index (χ0n) is 11.6. The van der Waals surface area contributed by atoms with E-state index in [1.165, 1.54) is 7.11 Å². The molecule has 1 heterocycles. The molecule has 108 valence electrons. The van der Waals surface area contributed by atoms with Crippen molar-refractivity contribution in [3.05, 3.63) is 40.0 Å². The van der Waals surface area contributed by atoms with Crippen LogP contribution in [0.25, 0.3) is 5.70 Å². The van der Waals surface area contributed by atoms with Gasteiger partial charge in [0.25, 0.3) is 0 Å². The summed E-state index contributed by atoms with van der Waals surface area (Å²) >= 11 is 6.22. The molecule has 0 spiro atoms. The Hall–Kier alpha value is -1.72. The first-order valence-corrected chi connectivity index (χ1v) is 6.55. The minimum Gasteiger partial charge on any atom is -0.465 e. The van der Waals surface area contributed by atoms with Crippen LogP contribution in [0.3, 0.4) is 0 Å². The summed E-state index contributed by atoms with van der Waals surface area (Å²) in [6, 6.07) is 5.36. The molecule has 0 amide bonds. The highest BCUT2D eigenvalue weighted by Gasteiger charge is 2.24. The van der Waals surface area contributed by atoms with Crippen molar-refractivity contribution in [1.29, 1.82) is 0 Å². The number of carbonyl (C=O) groups is 1. The summed E-state index contributed by atoms with van der Waals surface area (Å²) in [4.78, 5) is 11.6. The molecule has 0 aromatic heterocycles. The van der Waals surface area contributed by atoms with Crippen LogP contribution in [0.4, 0.5) is 0 Å². The van der Waals surface area contributed by atoms with Crippen LogP contribution in [0.5, 0.6) is 0 Å². The van der Waals surface area contributed by atoms with Crippen molar-refractivity contribution in [2.45, 2.75) is 13.1 Å². The van der Waals surface area contributed by atoms with Crippen molar-refractivity contribution in [2.75, 3.05) is 20.8 Å². The second kappa shape index (κ2) is 6.15. The Balaban J connectivity index is 2.33. The fourth-order valence-corrected chi connectivity index (χ4v) is 2.37.